The van der Waals surface area contributed by atoms with E-state index in [9.17, 15) is 13.2 Å². The van der Waals surface area contributed by atoms with Crippen LogP contribution in [-0.2, 0) is 6.18 Å². The first kappa shape index (κ1) is 10.3. The summed E-state index contributed by atoms with van der Waals surface area (Å²) in [5, 5.41) is 8.48. The van der Waals surface area contributed by atoms with Gasteiger partial charge in [-0.25, -0.2) is 0 Å². The molecule has 0 aliphatic rings. The van der Waals surface area contributed by atoms with Crippen molar-refractivity contribution in [2.45, 2.75) is 6.18 Å². The van der Waals surface area contributed by atoms with Crippen molar-refractivity contribution in [2.75, 3.05) is 5.43 Å². The van der Waals surface area contributed by atoms with Gasteiger partial charge in [-0.3, -0.25) is 5.84 Å². The molecule has 3 N–H and O–H groups in total. The topological polar surface area (TPSA) is 61.8 Å². The van der Waals surface area contributed by atoms with Gasteiger partial charge in [0.15, 0.2) is 0 Å². The second kappa shape index (κ2) is 3.55. The summed E-state index contributed by atoms with van der Waals surface area (Å²) in [4.78, 5) is 0. The van der Waals surface area contributed by atoms with E-state index in [1.807, 2.05) is 0 Å². The minimum atomic E-state index is -4.52. The fraction of sp³-hybridized carbons (Fsp3) is 0.125. The van der Waals surface area contributed by atoms with E-state index in [1.54, 1.807) is 0 Å². The third kappa shape index (κ3) is 1.95. The summed E-state index contributed by atoms with van der Waals surface area (Å²) in [5.41, 5.74) is 1.01. The van der Waals surface area contributed by atoms with E-state index in [2.05, 4.69) is 5.43 Å². The van der Waals surface area contributed by atoms with Gasteiger partial charge in [0, 0.05) is 5.69 Å². The lowest BCUT2D eigenvalue weighted by Gasteiger charge is -2.09. The van der Waals surface area contributed by atoms with E-state index >= 15 is 0 Å². The van der Waals surface area contributed by atoms with Gasteiger partial charge in [-0.15, -0.1) is 0 Å². The van der Waals surface area contributed by atoms with Crippen molar-refractivity contribution in [3.05, 3.63) is 29.3 Å². The molecule has 0 saturated heterocycles. The number of alkyl halides is 3. The minimum absolute atomic E-state index is 0.259. The number of nitrogen functional groups attached to an aromatic ring is 1. The summed E-state index contributed by atoms with van der Waals surface area (Å²) in [5.74, 6) is 4.99. The highest BCUT2D eigenvalue weighted by Gasteiger charge is 2.33. The molecule has 0 saturated carbocycles. The molecule has 1 aromatic rings. The van der Waals surface area contributed by atoms with Gasteiger partial charge in [0.1, 0.15) is 0 Å². The van der Waals surface area contributed by atoms with Gasteiger partial charge in [0.2, 0.25) is 0 Å². The van der Waals surface area contributed by atoms with Gasteiger partial charge in [-0.2, -0.15) is 18.4 Å². The lowest BCUT2D eigenvalue weighted by Crippen LogP contribution is -2.11. The van der Waals surface area contributed by atoms with Crippen LogP contribution in [0.3, 0.4) is 0 Å². The average molecular weight is 201 g/mol. The van der Waals surface area contributed by atoms with Gasteiger partial charge >= 0.3 is 6.18 Å². The Bertz CT molecular complexity index is 378. The molecule has 0 atom stereocenters. The van der Waals surface area contributed by atoms with Gasteiger partial charge in [-0.1, -0.05) is 0 Å². The van der Waals surface area contributed by atoms with Crippen molar-refractivity contribution in [1.82, 2.24) is 0 Å². The van der Waals surface area contributed by atoms with Gasteiger partial charge in [-0.05, 0) is 18.2 Å². The van der Waals surface area contributed by atoms with Crippen molar-refractivity contribution in [3.63, 3.8) is 0 Å². The maximum absolute atomic E-state index is 12.3. The number of anilines is 1. The van der Waals surface area contributed by atoms with Gasteiger partial charge < -0.3 is 5.43 Å². The number of hydrazine groups is 1. The molecular weight excluding hydrogens is 195 g/mol. The summed E-state index contributed by atoms with van der Waals surface area (Å²) in [7, 11) is 0. The molecule has 0 fully saturated rings. The lowest BCUT2D eigenvalue weighted by atomic mass is 10.1. The van der Waals surface area contributed by atoms with Crippen LogP contribution in [0.25, 0.3) is 0 Å². The van der Waals surface area contributed by atoms with Crippen LogP contribution in [0.2, 0.25) is 0 Å². The Morgan fingerprint density at radius 1 is 1.36 bits per heavy atom. The smallest absolute Gasteiger partial charge is 0.324 e. The number of rotatable bonds is 1. The molecule has 0 unspecified atom stereocenters. The normalized spacial score (nSPS) is 10.8. The van der Waals surface area contributed by atoms with Crippen molar-refractivity contribution in [1.29, 1.82) is 5.26 Å². The van der Waals surface area contributed by atoms with Crippen LogP contribution in [-0.4, -0.2) is 0 Å². The number of benzene rings is 1. The molecule has 1 rings (SSSR count). The quantitative estimate of drug-likeness (QED) is 0.538. The zero-order valence-corrected chi connectivity index (χ0v) is 6.89. The van der Waals surface area contributed by atoms with Gasteiger partial charge in [0.05, 0.1) is 17.2 Å². The second-order valence-corrected chi connectivity index (χ2v) is 2.51. The van der Waals surface area contributed by atoms with Crippen LogP contribution in [0.4, 0.5) is 18.9 Å². The molecule has 0 aliphatic heterocycles. The first-order chi connectivity index (χ1) is 6.49. The summed E-state index contributed by atoms with van der Waals surface area (Å²) in [6, 6.07) is 4.48. The van der Waals surface area contributed by atoms with Crippen LogP contribution in [0.15, 0.2) is 18.2 Å². The van der Waals surface area contributed by atoms with Crippen LogP contribution < -0.4 is 11.3 Å². The van der Waals surface area contributed by atoms with E-state index in [1.165, 1.54) is 6.07 Å². The molecule has 3 nitrogen and oxygen atoms in total. The fourth-order valence-corrected chi connectivity index (χ4v) is 0.974. The molecule has 0 amide bonds. The molecule has 0 bridgehead atoms. The molecule has 0 aromatic heterocycles. The van der Waals surface area contributed by atoms with E-state index in [0.717, 1.165) is 18.2 Å². The number of nitrogens with two attached hydrogens (primary N) is 1. The Kier molecular flexibility index (Phi) is 2.63. The van der Waals surface area contributed by atoms with Crippen molar-refractivity contribution < 1.29 is 13.2 Å². The molecule has 0 heterocycles. The summed E-state index contributed by atoms with van der Waals surface area (Å²) in [6.07, 6.45) is -4.52. The minimum Gasteiger partial charge on any atom is -0.324 e. The summed E-state index contributed by atoms with van der Waals surface area (Å²) in [6.45, 7) is 0. The van der Waals surface area contributed by atoms with E-state index in [-0.39, 0.29) is 5.69 Å². The Morgan fingerprint density at radius 2 is 2.00 bits per heavy atom. The highest BCUT2D eigenvalue weighted by molar-refractivity contribution is 5.52. The predicted octanol–water partition coefficient (Wildman–Crippen LogP) is 1.86. The van der Waals surface area contributed by atoms with E-state index in [4.69, 9.17) is 11.1 Å². The summed E-state index contributed by atoms with van der Waals surface area (Å²) >= 11 is 0. The number of halogens is 3. The first-order valence-electron chi connectivity index (χ1n) is 3.57. The predicted molar refractivity (Wildman–Crippen MR) is 44.0 cm³/mol. The Hall–Kier alpha value is -1.74. The Morgan fingerprint density at radius 3 is 2.43 bits per heavy atom. The maximum atomic E-state index is 12.3. The number of hydrogen-bond acceptors (Lipinski definition) is 3. The summed E-state index contributed by atoms with van der Waals surface area (Å²) < 4.78 is 36.8. The molecule has 74 valence electrons. The number of nitrogens with zero attached hydrogens (tertiary/aromatic N) is 1. The third-order valence-corrected chi connectivity index (χ3v) is 1.61. The first-order valence-corrected chi connectivity index (χ1v) is 3.57. The zero-order valence-electron chi connectivity index (χ0n) is 6.89. The number of hydrogen-bond donors (Lipinski definition) is 2. The lowest BCUT2D eigenvalue weighted by molar-refractivity contribution is -0.137. The average Bonchev–Trinajstić information content (AvgIpc) is 2.15. The van der Waals surface area contributed by atoms with E-state index in [0.29, 0.717) is 0 Å². The number of nitrogens with one attached hydrogen (secondary N) is 1. The van der Waals surface area contributed by atoms with Crippen LogP contribution in [0, 0.1) is 11.3 Å². The van der Waals surface area contributed by atoms with Crippen LogP contribution in [0.5, 0.6) is 0 Å². The highest BCUT2D eigenvalue weighted by Crippen LogP contribution is 2.32. The molecular formula is C8H6F3N3. The monoisotopic (exact) mass is 201 g/mol. The van der Waals surface area contributed by atoms with Gasteiger partial charge in [0.25, 0.3) is 0 Å². The van der Waals surface area contributed by atoms with E-state index < -0.39 is 17.3 Å². The maximum Gasteiger partial charge on any atom is 0.417 e. The molecule has 0 aliphatic carbocycles. The number of nitriles is 1. The Balaban J connectivity index is 3.28. The Labute approximate surface area is 77.9 Å². The zero-order chi connectivity index (χ0) is 10.8. The largest absolute Gasteiger partial charge is 0.417 e. The third-order valence-electron chi connectivity index (χ3n) is 1.61. The van der Waals surface area contributed by atoms with Crippen LogP contribution in [0.1, 0.15) is 11.1 Å². The molecule has 1 aromatic carbocycles. The molecule has 0 radical (unpaired) electrons. The molecule has 0 spiro atoms. The van der Waals surface area contributed by atoms with Crippen molar-refractivity contribution in [3.8, 4) is 6.07 Å². The SMILES string of the molecule is N#Cc1cc(NN)ccc1C(F)(F)F. The van der Waals surface area contributed by atoms with Crippen molar-refractivity contribution >= 4 is 5.69 Å². The molecule has 6 heteroatoms. The standard InChI is InChI=1S/C8H6F3N3/c9-8(10,11)7-2-1-6(14-13)3-5(7)4-12/h1-3,14H,13H2. The van der Waals surface area contributed by atoms with Crippen LogP contribution >= 0.6 is 0 Å². The highest BCUT2D eigenvalue weighted by atomic mass is 19.4. The fourth-order valence-electron chi connectivity index (χ4n) is 0.974. The van der Waals surface area contributed by atoms with Crippen molar-refractivity contribution in [2.24, 2.45) is 5.84 Å². The molecule has 14 heavy (non-hydrogen) atoms. The second-order valence-electron chi connectivity index (χ2n) is 2.51.